The number of carbonyl (C=O) groups is 1. The van der Waals surface area contributed by atoms with E-state index in [1.807, 2.05) is 0 Å². The lowest BCUT2D eigenvalue weighted by atomic mass is 10.2. The van der Waals surface area contributed by atoms with Gasteiger partial charge in [0, 0.05) is 12.6 Å². The summed E-state index contributed by atoms with van der Waals surface area (Å²) in [5.74, 6) is 0.483. The van der Waals surface area contributed by atoms with Crippen molar-refractivity contribution in [3.8, 4) is 0 Å². The van der Waals surface area contributed by atoms with E-state index in [2.05, 4.69) is 20.8 Å². The molecule has 3 N–H and O–H groups in total. The van der Waals surface area contributed by atoms with Gasteiger partial charge in [-0.05, 0) is 29.2 Å². The highest BCUT2D eigenvalue weighted by Crippen LogP contribution is 2.31. The van der Waals surface area contributed by atoms with Gasteiger partial charge in [0.1, 0.15) is 12.9 Å². The summed E-state index contributed by atoms with van der Waals surface area (Å²) in [6.45, 7) is 0.677. The van der Waals surface area contributed by atoms with Gasteiger partial charge in [0.05, 0.1) is 0 Å². The van der Waals surface area contributed by atoms with Crippen molar-refractivity contribution < 1.29 is 4.79 Å². The van der Waals surface area contributed by atoms with Crippen molar-refractivity contribution >= 4 is 18.3 Å². The van der Waals surface area contributed by atoms with Crippen LogP contribution in [0.4, 0.5) is 0 Å². The minimum Gasteiger partial charge on any atom is -0.353 e. The van der Waals surface area contributed by atoms with Crippen LogP contribution >= 0.6 is 12.4 Å². The molecule has 0 spiro atoms. The fourth-order valence-electron chi connectivity index (χ4n) is 1.38. The minimum atomic E-state index is -0.113. The number of carbonyl (C=O) groups excluding carboxylic acids is 1. The fourth-order valence-corrected chi connectivity index (χ4v) is 1.38. The summed E-state index contributed by atoms with van der Waals surface area (Å²) in [7, 11) is 0. The third kappa shape index (κ3) is 3.74. The molecule has 1 fully saturated rings. The van der Waals surface area contributed by atoms with Crippen LogP contribution in [-0.4, -0.2) is 38.7 Å². The molecule has 0 radical (unpaired) electrons. The van der Waals surface area contributed by atoms with Crippen LogP contribution in [-0.2, 0) is 11.3 Å². The minimum absolute atomic E-state index is 0. The number of hydrogen-bond acceptors (Lipinski definition) is 5. The van der Waals surface area contributed by atoms with Gasteiger partial charge < -0.3 is 11.1 Å². The predicted octanol–water partition coefficient (Wildman–Crippen LogP) is -1.05. The number of aromatic nitrogens is 4. The van der Waals surface area contributed by atoms with Gasteiger partial charge in [-0.2, -0.15) is 0 Å². The number of amides is 1. The Labute approximate surface area is 99.2 Å². The average molecular weight is 247 g/mol. The standard InChI is InChI=1S/C8H14N6O.ClH/c9-7(6-1-2-6)3-10-8(15)4-14-5-11-12-13-14;/h5-7H,1-4,9H2,(H,10,15);1H. The number of nitrogens with zero attached hydrogens (tertiary/aromatic N) is 4. The Morgan fingerprint density at radius 1 is 1.62 bits per heavy atom. The summed E-state index contributed by atoms with van der Waals surface area (Å²) in [6, 6.07) is 0.0859. The maximum absolute atomic E-state index is 11.4. The lowest BCUT2D eigenvalue weighted by Gasteiger charge is -2.10. The molecule has 16 heavy (non-hydrogen) atoms. The van der Waals surface area contributed by atoms with Gasteiger partial charge in [0.15, 0.2) is 0 Å². The lowest BCUT2D eigenvalue weighted by Crippen LogP contribution is -2.39. The number of nitrogens with two attached hydrogens (primary N) is 1. The molecule has 90 valence electrons. The topological polar surface area (TPSA) is 98.7 Å². The van der Waals surface area contributed by atoms with E-state index in [9.17, 15) is 4.79 Å². The van der Waals surface area contributed by atoms with E-state index in [1.54, 1.807) is 0 Å². The summed E-state index contributed by atoms with van der Waals surface area (Å²) in [5, 5.41) is 13.2. The molecule has 1 atom stereocenters. The van der Waals surface area contributed by atoms with Crippen molar-refractivity contribution in [2.45, 2.75) is 25.4 Å². The normalized spacial score (nSPS) is 16.3. The Kier molecular flexibility index (Phi) is 4.63. The highest BCUT2D eigenvalue weighted by molar-refractivity contribution is 5.85. The van der Waals surface area contributed by atoms with Crippen LogP contribution in [0.25, 0.3) is 0 Å². The highest BCUT2D eigenvalue weighted by Gasteiger charge is 2.28. The molecule has 0 saturated heterocycles. The maximum atomic E-state index is 11.4. The first kappa shape index (κ1) is 12.9. The fraction of sp³-hybridized carbons (Fsp3) is 0.750. The monoisotopic (exact) mass is 246 g/mol. The molecule has 0 bridgehead atoms. The highest BCUT2D eigenvalue weighted by atomic mass is 35.5. The molecule has 1 amide bonds. The van der Waals surface area contributed by atoms with Gasteiger partial charge in [-0.25, -0.2) is 4.68 Å². The van der Waals surface area contributed by atoms with Crippen molar-refractivity contribution in [2.24, 2.45) is 11.7 Å². The Morgan fingerprint density at radius 2 is 2.38 bits per heavy atom. The number of tetrazole rings is 1. The van der Waals surface area contributed by atoms with Crippen LogP contribution in [0.3, 0.4) is 0 Å². The second-order valence-corrected chi connectivity index (χ2v) is 3.81. The van der Waals surface area contributed by atoms with Crippen molar-refractivity contribution in [1.29, 1.82) is 0 Å². The van der Waals surface area contributed by atoms with Crippen LogP contribution in [0.5, 0.6) is 0 Å². The second-order valence-electron chi connectivity index (χ2n) is 3.81. The van der Waals surface area contributed by atoms with Crippen molar-refractivity contribution in [3.63, 3.8) is 0 Å². The molecule has 0 aromatic carbocycles. The van der Waals surface area contributed by atoms with Crippen molar-refractivity contribution in [1.82, 2.24) is 25.5 Å². The van der Waals surface area contributed by atoms with Crippen molar-refractivity contribution in [3.05, 3.63) is 6.33 Å². The molecule has 1 saturated carbocycles. The van der Waals surface area contributed by atoms with E-state index in [-0.39, 0.29) is 30.9 Å². The second kappa shape index (κ2) is 5.76. The van der Waals surface area contributed by atoms with Gasteiger partial charge in [0.2, 0.25) is 5.91 Å². The van der Waals surface area contributed by atoms with E-state index in [4.69, 9.17) is 5.73 Å². The summed E-state index contributed by atoms with van der Waals surface area (Å²) in [5.41, 5.74) is 5.84. The molecule has 1 aromatic rings. The quantitative estimate of drug-likeness (QED) is 0.691. The first-order valence-corrected chi connectivity index (χ1v) is 4.99. The predicted molar refractivity (Wildman–Crippen MR) is 58.8 cm³/mol. The molecule has 1 unspecified atom stereocenters. The van der Waals surface area contributed by atoms with E-state index < -0.39 is 0 Å². The average Bonchev–Trinajstić information content (AvgIpc) is 2.95. The van der Waals surface area contributed by atoms with Gasteiger partial charge in [-0.1, -0.05) is 0 Å². The number of nitrogens with one attached hydrogen (secondary N) is 1. The third-order valence-corrected chi connectivity index (χ3v) is 2.46. The molecule has 8 heteroatoms. The third-order valence-electron chi connectivity index (χ3n) is 2.46. The Balaban J connectivity index is 0.00000128. The molecule has 1 aliphatic carbocycles. The molecule has 7 nitrogen and oxygen atoms in total. The Bertz CT molecular complexity index is 325. The smallest absolute Gasteiger partial charge is 0.241 e. The summed E-state index contributed by atoms with van der Waals surface area (Å²) in [4.78, 5) is 11.4. The first-order chi connectivity index (χ1) is 7.25. The van der Waals surface area contributed by atoms with E-state index in [0.29, 0.717) is 12.5 Å². The SMILES string of the molecule is Cl.NC(CNC(=O)Cn1cnnn1)C1CC1. The van der Waals surface area contributed by atoms with Gasteiger partial charge >= 0.3 is 0 Å². The van der Waals surface area contributed by atoms with Crippen molar-refractivity contribution in [2.75, 3.05) is 6.54 Å². The zero-order valence-electron chi connectivity index (χ0n) is 8.74. The maximum Gasteiger partial charge on any atom is 0.241 e. The Hall–Kier alpha value is -1.21. The summed E-state index contributed by atoms with van der Waals surface area (Å²) in [6.07, 6.45) is 3.77. The molecular weight excluding hydrogens is 232 g/mol. The van der Waals surface area contributed by atoms with Gasteiger partial charge in [-0.15, -0.1) is 17.5 Å². The summed E-state index contributed by atoms with van der Waals surface area (Å²) < 4.78 is 1.37. The van der Waals surface area contributed by atoms with Crippen LogP contribution < -0.4 is 11.1 Å². The lowest BCUT2D eigenvalue weighted by molar-refractivity contribution is -0.121. The Morgan fingerprint density at radius 3 is 2.94 bits per heavy atom. The van der Waals surface area contributed by atoms with Crippen LogP contribution in [0, 0.1) is 5.92 Å². The van der Waals surface area contributed by atoms with Crippen LogP contribution in [0.1, 0.15) is 12.8 Å². The van der Waals surface area contributed by atoms with Crippen LogP contribution in [0.15, 0.2) is 6.33 Å². The zero-order valence-corrected chi connectivity index (χ0v) is 9.56. The van der Waals surface area contributed by atoms with Gasteiger partial charge in [-0.3, -0.25) is 4.79 Å². The largest absolute Gasteiger partial charge is 0.353 e. The van der Waals surface area contributed by atoms with E-state index in [1.165, 1.54) is 23.9 Å². The molecule has 2 rings (SSSR count). The first-order valence-electron chi connectivity index (χ1n) is 4.99. The van der Waals surface area contributed by atoms with E-state index in [0.717, 1.165) is 0 Å². The summed E-state index contributed by atoms with van der Waals surface area (Å²) >= 11 is 0. The molecule has 1 aromatic heterocycles. The molecular formula is C8H15ClN6O. The van der Waals surface area contributed by atoms with Crippen LogP contribution in [0.2, 0.25) is 0 Å². The number of rotatable bonds is 5. The van der Waals surface area contributed by atoms with Gasteiger partial charge in [0.25, 0.3) is 0 Å². The number of hydrogen-bond donors (Lipinski definition) is 2. The molecule has 1 aliphatic rings. The molecule has 1 heterocycles. The molecule has 0 aliphatic heterocycles. The number of halogens is 1. The van der Waals surface area contributed by atoms with E-state index >= 15 is 0 Å². The zero-order chi connectivity index (χ0) is 10.7.